The third kappa shape index (κ3) is 4.04. The van der Waals surface area contributed by atoms with Gasteiger partial charge in [-0.3, -0.25) is 4.90 Å². The third-order valence-electron chi connectivity index (χ3n) is 3.39. The van der Waals surface area contributed by atoms with E-state index in [1.807, 2.05) is 7.05 Å². The predicted molar refractivity (Wildman–Crippen MR) is 74.9 cm³/mol. The molecule has 0 saturated carbocycles. The van der Waals surface area contributed by atoms with Crippen molar-refractivity contribution >= 4 is 5.84 Å². The molecule has 0 radical (unpaired) electrons. The van der Waals surface area contributed by atoms with E-state index in [1.165, 1.54) is 16.7 Å². The van der Waals surface area contributed by atoms with Crippen LogP contribution in [0.2, 0.25) is 0 Å². The lowest BCUT2D eigenvalue weighted by atomic mass is 10.1. The quantitative estimate of drug-likeness (QED) is 0.364. The van der Waals surface area contributed by atoms with Gasteiger partial charge < -0.3 is 10.9 Å². The molecule has 18 heavy (non-hydrogen) atoms. The van der Waals surface area contributed by atoms with Gasteiger partial charge in [0.2, 0.25) is 0 Å². The maximum absolute atomic E-state index is 8.57. The van der Waals surface area contributed by atoms with Gasteiger partial charge >= 0.3 is 0 Å². The van der Waals surface area contributed by atoms with Crippen molar-refractivity contribution < 1.29 is 5.21 Å². The van der Waals surface area contributed by atoms with Crippen LogP contribution < -0.4 is 5.73 Å². The minimum Gasteiger partial charge on any atom is -0.409 e. The van der Waals surface area contributed by atoms with Crippen LogP contribution in [0.3, 0.4) is 0 Å². The third-order valence-corrected chi connectivity index (χ3v) is 3.39. The molecule has 0 bridgehead atoms. The molecule has 3 N–H and O–H groups in total. The summed E-state index contributed by atoms with van der Waals surface area (Å²) in [4.78, 5) is 2.20. The number of aryl methyl sites for hydroxylation is 2. The molecular formula is C14H23N3O. The van der Waals surface area contributed by atoms with Crippen molar-refractivity contribution in [3.8, 4) is 0 Å². The van der Waals surface area contributed by atoms with Crippen LogP contribution >= 0.6 is 0 Å². The van der Waals surface area contributed by atoms with Gasteiger partial charge in [0.25, 0.3) is 0 Å². The highest BCUT2D eigenvalue weighted by Gasteiger charge is 2.11. The van der Waals surface area contributed by atoms with Gasteiger partial charge in [0.1, 0.15) is 5.84 Å². The Labute approximate surface area is 109 Å². The topological polar surface area (TPSA) is 61.8 Å². The molecule has 0 aliphatic heterocycles. The van der Waals surface area contributed by atoms with Gasteiger partial charge in [-0.15, -0.1) is 0 Å². The van der Waals surface area contributed by atoms with E-state index in [0.29, 0.717) is 6.42 Å². The Morgan fingerprint density at radius 1 is 1.39 bits per heavy atom. The van der Waals surface area contributed by atoms with Gasteiger partial charge in [-0.05, 0) is 44.5 Å². The van der Waals surface area contributed by atoms with E-state index in [1.54, 1.807) is 0 Å². The van der Waals surface area contributed by atoms with Gasteiger partial charge in [0.05, 0.1) is 0 Å². The lowest BCUT2D eigenvalue weighted by Gasteiger charge is -2.24. The first-order valence-electron chi connectivity index (χ1n) is 6.16. The first kappa shape index (κ1) is 14.5. The molecule has 1 atom stereocenters. The molecule has 1 unspecified atom stereocenters. The van der Waals surface area contributed by atoms with Crippen molar-refractivity contribution in [3.63, 3.8) is 0 Å². The Kier molecular flexibility index (Phi) is 5.16. The molecule has 0 aliphatic rings. The van der Waals surface area contributed by atoms with E-state index in [0.717, 1.165) is 6.54 Å². The van der Waals surface area contributed by atoms with Crippen LogP contribution in [0, 0.1) is 13.8 Å². The molecule has 0 saturated heterocycles. The van der Waals surface area contributed by atoms with Crippen LogP contribution in [0.5, 0.6) is 0 Å². The summed E-state index contributed by atoms with van der Waals surface area (Å²) in [7, 11) is 2.05. The molecule has 0 fully saturated rings. The highest BCUT2D eigenvalue weighted by Crippen LogP contribution is 2.13. The van der Waals surface area contributed by atoms with Gasteiger partial charge in [-0.25, -0.2) is 0 Å². The van der Waals surface area contributed by atoms with E-state index in [2.05, 4.69) is 49.0 Å². The summed E-state index contributed by atoms with van der Waals surface area (Å²) in [6, 6.07) is 6.74. The number of hydrogen-bond donors (Lipinski definition) is 2. The average Bonchev–Trinajstić information content (AvgIpc) is 2.33. The Bertz CT molecular complexity index is 429. The standard InChI is InChI=1S/C14H23N3O/c1-10-5-6-13(7-11(10)2)9-17(4)12(3)8-14(15)16-18/h5-7,12,18H,8-9H2,1-4H3,(H2,15,16). The SMILES string of the molecule is Cc1ccc(CN(C)C(C)CC(N)=NO)cc1C. The zero-order valence-corrected chi connectivity index (χ0v) is 11.6. The molecule has 1 rings (SSSR count). The second kappa shape index (κ2) is 6.40. The molecule has 1 aromatic rings. The van der Waals surface area contributed by atoms with Crippen molar-refractivity contribution in [3.05, 3.63) is 34.9 Å². The van der Waals surface area contributed by atoms with E-state index < -0.39 is 0 Å². The highest BCUT2D eigenvalue weighted by atomic mass is 16.4. The number of rotatable bonds is 5. The molecular weight excluding hydrogens is 226 g/mol. The van der Waals surface area contributed by atoms with Crippen LogP contribution in [0.1, 0.15) is 30.0 Å². The number of oxime groups is 1. The summed E-state index contributed by atoms with van der Waals surface area (Å²) >= 11 is 0. The minimum absolute atomic E-state index is 0.238. The Morgan fingerprint density at radius 3 is 2.61 bits per heavy atom. The molecule has 100 valence electrons. The number of amidine groups is 1. The first-order valence-corrected chi connectivity index (χ1v) is 6.16. The van der Waals surface area contributed by atoms with E-state index >= 15 is 0 Å². The van der Waals surface area contributed by atoms with E-state index in [-0.39, 0.29) is 11.9 Å². The molecule has 0 amide bonds. The van der Waals surface area contributed by atoms with Crippen LogP contribution in [-0.2, 0) is 6.54 Å². The smallest absolute Gasteiger partial charge is 0.140 e. The number of benzene rings is 1. The highest BCUT2D eigenvalue weighted by molar-refractivity contribution is 5.80. The second-order valence-electron chi connectivity index (χ2n) is 4.98. The second-order valence-corrected chi connectivity index (χ2v) is 4.98. The fourth-order valence-corrected chi connectivity index (χ4v) is 1.85. The van der Waals surface area contributed by atoms with Gasteiger partial charge in [-0.1, -0.05) is 23.4 Å². The maximum Gasteiger partial charge on any atom is 0.140 e. The minimum atomic E-state index is 0.238. The number of hydrogen-bond acceptors (Lipinski definition) is 3. The summed E-state index contributed by atoms with van der Waals surface area (Å²) in [5, 5.41) is 11.6. The number of nitrogens with two attached hydrogens (primary N) is 1. The summed E-state index contributed by atoms with van der Waals surface area (Å²) in [6.07, 6.45) is 0.567. The lowest BCUT2D eigenvalue weighted by Crippen LogP contribution is -2.32. The fraction of sp³-hybridized carbons (Fsp3) is 0.500. The fourth-order valence-electron chi connectivity index (χ4n) is 1.85. The number of nitrogens with zero attached hydrogens (tertiary/aromatic N) is 2. The van der Waals surface area contributed by atoms with E-state index in [9.17, 15) is 0 Å². The largest absolute Gasteiger partial charge is 0.409 e. The van der Waals surface area contributed by atoms with Crippen molar-refractivity contribution in [2.24, 2.45) is 10.9 Å². The maximum atomic E-state index is 8.57. The summed E-state index contributed by atoms with van der Waals surface area (Å²) in [5.41, 5.74) is 9.43. The van der Waals surface area contributed by atoms with Crippen LogP contribution in [0.25, 0.3) is 0 Å². The van der Waals surface area contributed by atoms with Crippen molar-refractivity contribution in [2.45, 2.75) is 39.8 Å². The van der Waals surface area contributed by atoms with Crippen molar-refractivity contribution in [1.29, 1.82) is 0 Å². The van der Waals surface area contributed by atoms with E-state index in [4.69, 9.17) is 10.9 Å². The molecule has 1 aromatic carbocycles. The van der Waals surface area contributed by atoms with Gasteiger partial charge in [-0.2, -0.15) is 0 Å². The average molecular weight is 249 g/mol. The monoisotopic (exact) mass is 249 g/mol. The Hall–Kier alpha value is -1.55. The molecule has 0 spiro atoms. The molecule has 0 aliphatic carbocycles. The Morgan fingerprint density at radius 2 is 2.06 bits per heavy atom. The van der Waals surface area contributed by atoms with Crippen molar-refractivity contribution in [1.82, 2.24) is 4.90 Å². The summed E-state index contributed by atoms with van der Waals surface area (Å²) < 4.78 is 0. The molecule has 0 heterocycles. The molecule has 4 heteroatoms. The summed E-state index contributed by atoms with van der Waals surface area (Å²) in [5.74, 6) is 0.273. The molecule has 0 aromatic heterocycles. The molecule has 4 nitrogen and oxygen atoms in total. The normalized spacial score (nSPS) is 13.9. The lowest BCUT2D eigenvalue weighted by molar-refractivity contribution is 0.251. The van der Waals surface area contributed by atoms with Crippen LogP contribution in [0.15, 0.2) is 23.4 Å². The van der Waals surface area contributed by atoms with Crippen LogP contribution in [0.4, 0.5) is 0 Å². The first-order chi connectivity index (χ1) is 8.43. The predicted octanol–water partition coefficient (Wildman–Crippen LogP) is 2.26. The zero-order valence-electron chi connectivity index (χ0n) is 11.6. The zero-order chi connectivity index (χ0) is 13.7. The van der Waals surface area contributed by atoms with Crippen LogP contribution in [-0.4, -0.2) is 29.0 Å². The van der Waals surface area contributed by atoms with Gasteiger partial charge in [0.15, 0.2) is 0 Å². The Balaban J connectivity index is 2.63. The van der Waals surface area contributed by atoms with Crippen molar-refractivity contribution in [2.75, 3.05) is 7.05 Å². The summed E-state index contributed by atoms with van der Waals surface area (Å²) in [6.45, 7) is 7.17. The van der Waals surface area contributed by atoms with Gasteiger partial charge in [0, 0.05) is 19.0 Å².